The number of hydrogen-bond donors (Lipinski definition) is 2. The van der Waals surface area contributed by atoms with E-state index in [1.165, 1.54) is 16.7 Å². The first-order valence-electron chi connectivity index (χ1n) is 7.62. The molecule has 0 radical (unpaired) electrons. The van der Waals surface area contributed by atoms with E-state index in [2.05, 4.69) is 32.9 Å². The van der Waals surface area contributed by atoms with Crippen LogP contribution in [0.1, 0.15) is 49.3 Å². The Kier molecular flexibility index (Phi) is 7.03. The highest BCUT2D eigenvalue weighted by Crippen LogP contribution is 2.33. The van der Waals surface area contributed by atoms with E-state index < -0.39 is 0 Å². The average molecular weight is 279 g/mol. The summed E-state index contributed by atoms with van der Waals surface area (Å²) in [4.78, 5) is 0. The minimum Gasteiger partial charge on any atom is -0.494 e. The summed E-state index contributed by atoms with van der Waals surface area (Å²) in [5, 5.41) is 9.36. The molecule has 3 heteroatoms. The second-order valence-corrected chi connectivity index (χ2v) is 5.46. The van der Waals surface area contributed by atoms with Crippen molar-refractivity contribution in [1.82, 2.24) is 0 Å². The molecule has 2 unspecified atom stereocenters. The van der Waals surface area contributed by atoms with Crippen molar-refractivity contribution in [2.45, 2.75) is 46.5 Å². The highest BCUT2D eigenvalue weighted by molar-refractivity contribution is 5.45. The van der Waals surface area contributed by atoms with Crippen molar-refractivity contribution >= 4 is 0 Å². The fourth-order valence-electron chi connectivity index (χ4n) is 2.73. The van der Waals surface area contributed by atoms with Crippen molar-refractivity contribution in [1.29, 1.82) is 0 Å². The lowest BCUT2D eigenvalue weighted by Gasteiger charge is -2.24. The summed E-state index contributed by atoms with van der Waals surface area (Å²) in [5.41, 5.74) is 9.60. The van der Waals surface area contributed by atoms with E-state index in [0.29, 0.717) is 19.1 Å². The topological polar surface area (TPSA) is 55.5 Å². The first-order valence-corrected chi connectivity index (χ1v) is 7.62. The maximum Gasteiger partial charge on any atom is 0.122 e. The van der Waals surface area contributed by atoms with Gasteiger partial charge in [-0.15, -0.1) is 0 Å². The average Bonchev–Trinajstić information content (AvgIpc) is 2.47. The number of rotatable bonds is 8. The maximum atomic E-state index is 9.36. The molecule has 1 rings (SSSR count). The standard InChI is InChI=1S/C17H29NO2/c1-5-15(9-14(10-18)11-19)16-7-8-17(20-6-2)13(4)12(16)3/h7-8,14-15,19H,5-6,9-11,18H2,1-4H3. The molecule has 0 fully saturated rings. The zero-order chi connectivity index (χ0) is 15.1. The zero-order valence-electron chi connectivity index (χ0n) is 13.3. The lowest BCUT2D eigenvalue weighted by Crippen LogP contribution is -2.21. The Hall–Kier alpha value is -1.06. The summed E-state index contributed by atoms with van der Waals surface area (Å²) in [6.07, 6.45) is 2.00. The Morgan fingerprint density at radius 1 is 1.20 bits per heavy atom. The molecule has 0 heterocycles. The van der Waals surface area contributed by atoms with E-state index >= 15 is 0 Å². The Labute approximate surface area is 123 Å². The first-order chi connectivity index (χ1) is 9.58. The van der Waals surface area contributed by atoms with E-state index in [-0.39, 0.29) is 12.5 Å². The Morgan fingerprint density at radius 3 is 2.40 bits per heavy atom. The van der Waals surface area contributed by atoms with Crippen LogP contribution in [-0.2, 0) is 0 Å². The third-order valence-electron chi connectivity index (χ3n) is 4.22. The quantitative estimate of drug-likeness (QED) is 0.768. The van der Waals surface area contributed by atoms with Gasteiger partial charge in [0.05, 0.1) is 6.61 Å². The lowest BCUT2D eigenvalue weighted by atomic mass is 9.84. The molecular formula is C17H29NO2. The van der Waals surface area contributed by atoms with Crippen molar-refractivity contribution in [3.63, 3.8) is 0 Å². The molecule has 0 bridgehead atoms. The first kappa shape index (κ1) is 17.0. The van der Waals surface area contributed by atoms with Gasteiger partial charge in [-0.25, -0.2) is 0 Å². The van der Waals surface area contributed by atoms with Crippen molar-refractivity contribution in [3.05, 3.63) is 28.8 Å². The van der Waals surface area contributed by atoms with Gasteiger partial charge in [-0.05, 0) is 74.8 Å². The third-order valence-corrected chi connectivity index (χ3v) is 4.22. The molecule has 0 saturated heterocycles. The monoisotopic (exact) mass is 279 g/mol. The summed E-state index contributed by atoms with van der Waals surface area (Å²) >= 11 is 0. The molecule has 0 aliphatic carbocycles. The second kappa shape index (κ2) is 8.28. The van der Waals surface area contributed by atoms with Crippen molar-refractivity contribution < 1.29 is 9.84 Å². The normalized spacial score (nSPS) is 14.1. The Bertz CT molecular complexity index is 414. The van der Waals surface area contributed by atoms with Crippen LogP contribution < -0.4 is 10.5 Å². The molecule has 3 N–H and O–H groups in total. The van der Waals surface area contributed by atoms with Gasteiger partial charge in [0.1, 0.15) is 5.75 Å². The molecule has 3 nitrogen and oxygen atoms in total. The molecule has 1 aromatic carbocycles. The van der Waals surface area contributed by atoms with Gasteiger partial charge in [-0.2, -0.15) is 0 Å². The van der Waals surface area contributed by atoms with Gasteiger partial charge in [0.25, 0.3) is 0 Å². The van der Waals surface area contributed by atoms with Crippen LogP contribution in [0.2, 0.25) is 0 Å². The van der Waals surface area contributed by atoms with E-state index in [1.54, 1.807) is 0 Å². The lowest BCUT2D eigenvalue weighted by molar-refractivity contribution is 0.214. The van der Waals surface area contributed by atoms with E-state index in [1.807, 2.05) is 6.92 Å². The van der Waals surface area contributed by atoms with Gasteiger partial charge in [0, 0.05) is 6.61 Å². The van der Waals surface area contributed by atoms with Crippen LogP contribution in [0.4, 0.5) is 0 Å². The van der Waals surface area contributed by atoms with Crippen LogP contribution in [0.25, 0.3) is 0 Å². The summed E-state index contributed by atoms with van der Waals surface area (Å²) in [6, 6.07) is 4.24. The predicted octanol–water partition coefficient (Wildman–Crippen LogP) is 3.15. The van der Waals surface area contributed by atoms with Crippen LogP contribution in [0.3, 0.4) is 0 Å². The third kappa shape index (κ3) is 3.97. The minimum absolute atomic E-state index is 0.169. The van der Waals surface area contributed by atoms with Crippen molar-refractivity contribution in [2.75, 3.05) is 19.8 Å². The molecule has 2 atom stereocenters. The van der Waals surface area contributed by atoms with Gasteiger partial charge in [0.2, 0.25) is 0 Å². The molecular weight excluding hydrogens is 250 g/mol. The smallest absolute Gasteiger partial charge is 0.122 e. The molecule has 0 aliphatic rings. The Balaban J connectivity index is 3.01. The number of benzene rings is 1. The van der Waals surface area contributed by atoms with Gasteiger partial charge in [-0.1, -0.05) is 13.0 Å². The largest absolute Gasteiger partial charge is 0.494 e. The number of hydrogen-bond acceptors (Lipinski definition) is 3. The van der Waals surface area contributed by atoms with E-state index in [9.17, 15) is 5.11 Å². The van der Waals surface area contributed by atoms with E-state index in [4.69, 9.17) is 10.5 Å². The highest BCUT2D eigenvalue weighted by atomic mass is 16.5. The van der Waals surface area contributed by atoms with Crippen LogP contribution in [-0.4, -0.2) is 24.9 Å². The molecule has 0 amide bonds. The SMILES string of the molecule is CCOc1ccc(C(CC)CC(CN)CO)c(C)c1C. The molecule has 0 aliphatic heterocycles. The fraction of sp³-hybridized carbons (Fsp3) is 0.647. The van der Waals surface area contributed by atoms with E-state index in [0.717, 1.165) is 18.6 Å². The number of ether oxygens (including phenoxy) is 1. The van der Waals surface area contributed by atoms with Crippen LogP contribution in [0, 0.1) is 19.8 Å². The highest BCUT2D eigenvalue weighted by Gasteiger charge is 2.19. The van der Waals surface area contributed by atoms with Crippen LogP contribution >= 0.6 is 0 Å². The Morgan fingerprint density at radius 2 is 1.90 bits per heavy atom. The zero-order valence-corrected chi connectivity index (χ0v) is 13.3. The number of nitrogens with two attached hydrogens (primary N) is 1. The maximum absolute atomic E-state index is 9.36. The number of aliphatic hydroxyl groups excluding tert-OH is 1. The summed E-state index contributed by atoms with van der Waals surface area (Å²) in [7, 11) is 0. The predicted molar refractivity (Wildman–Crippen MR) is 84.4 cm³/mol. The minimum atomic E-state index is 0.169. The molecule has 1 aromatic rings. The van der Waals surface area contributed by atoms with Crippen LogP contribution in [0.5, 0.6) is 5.75 Å². The molecule has 20 heavy (non-hydrogen) atoms. The van der Waals surface area contributed by atoms with Gasteiger partial charge < -0.3 is 15.6 Å². The summed E-state index contributed by atoms with van der Waals surface area (Å²) < 4.78 is 5.65. The van der Waals surface area contributed by atoms with Gasteiger partial charge >= 0.3 is 0 Å². The molecule has 0 aromatic heterocycles. The van der Waals surface area contributed by atoms with Crippen molar-refractivity contribution in [3.8, 4) is 5.75 Å². The summed E-state index contributed by atoms with van der Waals surface area (Å²) in [6.45, 7) is 9.88. The number of aliphatic hydroxyl groups is 1. The molecule has 0 saturated carbocycles. The van der Waals surface area contributed by atoms with Crippen LogP contribution in [0.15, 0.2) is 12.1 Å². The van der Waals surface area contributed by atoms with Gasteiger partial charge in [0.15, 0.2) is 0 Å². The molecule has 0 spiro atoms. The summed E-state index contributed by atoms with van der Waals surface area (Å²) in [5.74, 6) is 1.61. The van der Waals surface area contributed by atoms with Gasteiger partial charge in [-0.3, -0.25) is 0 Å². The second-order valence-electron chi connectivity index (χ2n) is 5.46. The molecule has 114 valence electrons. The fourth-order valence-corrected chi connectivity index (χ4v) is 2.73. The van der Waals surface area contributed by atoms with Crippen molar-refractivity contribution in [2.24, 2.45) is 11.7 Å².